The molecule has 0 bridgehead atoms. The first-order chi connectivity index (χ1) is 18.7. The van der Waals surface area contributed by atoms with Gasteiger partial charge in [0, 0.05) is 107 Å². The topological polar surface area (TPSA) is 78.6 Å². The van der Waals surface area contributed by atoms with Gasteiger partial charge in [-0.3, -0.25) is 19.1 Å². The smallest absolute Gasteiger partial charge is 0.257 e. The maximum absolute atomic E-state index is 12.8. The molecule has 0 radical (unpaired) electrons. The fourth-order valence-electron chi connectivity index (χ4n) is 5.51. The summed E-state index contributed by atoms with van der Waals surface area (Å²) >= 11 is 0. The Morgan fingerprint density at radius 2 is 1.90 bits per heavy atom. The fraction of sp³-hybridized carbons (Fsp3) is 0.367. The maximum Gasteiger partial charge on any atom is 0.257 e. The van der Waals surface area contributed by atoms with Crippen LogP contribution in [0.15, 0.2) is 59.7 Å². The van der Waals surface area contributed by atoms with Crippen molar-refractivity contribution in [2.45, 2.75) is 26.4 Å². The van der Waals surface area contributed by atoms with Gasteiger partial charge in [0.1, 0.15) is 5.65 Å². The van der Waals surface area contributed by atoms with Crippen LogP contribution in [0.4, 0.5) is 11.4 Å². The zero-order valence-corrected chi connectivity index (χ0v) is 23.6. The molecule has 0 saturated carbocycles. The molecule has 39 heavy (non-hydrogen) atoms. The third-order valence-corrected chi connectivity index (χ3v) is 7.79. The van der Waals surface area contributed by atoms with Crippen LogP contribution >= 0.6 is 0 Å². The monoisotopic (exact) mass is 527 g/mol. The summed E-state index contributed by atoms with van der Waals surface area (Å²) < 4.78 is 3.81. The van der Waals surface area contributed by atoms with Gasteiger partial charge in [-0.25, -0.2) is 4.98 Å². The van der Waals surface area contributed by atoms with E-state index in [0.29, 0.717) is 6.04 Å². The van der Waals surface area contributed by atoms with Crippen LogP contribution in [0.3, 0.4) is 0 Å². The summed E-state index contributed by atoms with van der Waals surface area (Å²) in [5.41, 5.74) is 6.58. The van der Waals surface area contributed by atoms with Crippen LogP contribution in [-0.2, 0) is 13.6 Å². The van der Waals surface area contributed by atoms with Crippen molar-refractivity contribution >= 4 is 28.3 Å². The number of amides is 1. The molecule has 5 rings (SSSR count). The molecule has 9 heteroatoms. The molecule has 0 unspecified atom stereocenters. The van der Waals surface area contributed by atoms with Crippen LogP contribution in [0.5, 0.6) is 0 Å². The predicted molar refractivity (Wildman–Crippen MR) is 157 cm³/mol. The molecule has 1 aliphatic rings. The predicted octanol–water partition coefficient (Wildman–Crippen LogP) is 3.49. The summed E-state index contributed by atoms with van der Waals surface area (Å²) in [5.74, 6) is 0.0234. The Morgan fingerprint density at radius 1 is 1.10 bits per heavy atom. The number of carbonyl (C=O) groups is 1. The summed E-state index contributed by atoms with van der Waals surface area (Å²) in [5, 5.41) is 3.98. The number of fused-ring (bicyclic) bond motifs is 1. The van der Waals surface area contributed by atoms with Crippen molar-refractivity contribution in [2.24, 2.45) is 7.05 Å². The van der Waals surface area contributed by atoms with Crippen molar-refractivity contribution < 1.29 is 4.79 Å². The lowest BCUT2D eigenvalue weighted by molar-refractivity contribution is 0.0827. The molecule has 1 atom stereocenters. The molecular formula is C30H37N7O2. The summed E-state index contributed by atoms with van der Waals surface area (Å²) in [7, 11) is 7.41. The van der Waals surface area contributed by atoms with Gasteiger partial charge in [-0.15, -0.1) is 0 Å². The number of nitrogens with one attached hydrogen (secondary N) is 1. The Hall–Kier alpha value is -4.11. The van der Waals surface area contributed by atoms with Gasteiger partial charge in [0.2, 0.25) is 0 Å². The quantitative estimate of drug-likeness (QED) is 0.414. The van der Waals surface area contributed by atoms with E-state index < -0.39 is 0 Å². The van der Waals surface area contributed by atoms with E-state index in [9.17, 15) is 9.59 Å². The number of piperazine rings is 1. The zero-order valence-electron chi connectivity index (χ0n) is 23.6. The van der Waals surface area contributed by atoms with Crippen LogP contribution in [0, 0.1) is 6.92 Å². The third-order valence-electron chi connectivity index (χ3n) is 7.79. The van der Waals surface area contributed by atoms with E-state index in [0.717, 1.165) is 65.4 Å². The highest BCUT2D eigenvalue weighted by molar-refractivity contribution is 5.94. The van der Waals surface area contributed by atoms with Gasteiger partial charge in [-0.05, 0) is 55.8 Å². The molecular weight excluding hydrogens is 490 g/mol. The third kappa shape index (κ3) is 5.02. The van der Waals surface area contributed by atoms with Gasteiger partial charge in [-0.1, -0.05) is 0 Å². The van der Waals surface area contributed by atoms with E-state index in [-0.39, 0.29) is 11.5 Å². The van der Waals surface area contributed by atoms with Crippen LogP contribution in [0.2, 0.25) is 0 Å². The molecule has 9 nitrogen and oxygen atoms in total. The van der Waals surface area contributed by atoms with Crippen molar-refractivity contribution in [1.82, 2.24) is 23.9 Å². The molecule has 0 aliphatic carbocycles. The number of aryl methyl sites for hydroxylation is 2. The number of rotatable bonds is 6. The average Bonchev–Trinajstić information content (AvgIpc) is 3.24. The summed E-state index contributed by atoms with van der Waals surface area (Å²) in [6, 6.07) is 13.9. The first-order valence-corrected chi connectivity index (χ1v) is 13.3. The normalized spacial score (nSPS) is 16.1. The Labute approximate surface area is 229 Å². The fourth-order valence-corrected chi connectivity index (χ4v) is 5.51. The molecule has 3 aromatic heterocycles. The van der Waals surface area contributed by atoms with E-state index in [4.69, 9.17) is 0 Å². The molecule has 0 spiro atoms. The molecule has 204 valence electrons. The van der Waals surface area contributed by atoms with E-state index in [2.05, 4.69) is 50.6 Å². The molecule has 1 N–H and O–H groups in total. The molecule has 1 aromatic carbocycles. The number of benzene rings is 1. The first-order valence-electron chi connectivity index (χ1n) is 13.3. The molecule has 1 fully saturated rings. The van der Waals surface area contributed by atoms with Crippen molar-refractivity contribution in [3.8, 4) is 5.69 Å². The zero-order chi connectivity index (χ0) is 27.8. The van der Waals surface area contributed by atoms with Crippen molar-refractivity contribution in [3.05, 3.63) is 82.0 Å². The van der Waals surface area contributed by atoms with Crippen molar-refractivity contribution in [1.29, 1.82) is 0 Å². The van der Waals surface area contributed by atoms with Crippen LogP contribution < -0.4 is 15.8 Å². The minimum atomic E-state index is -0.0843. The highest BCUT2D eigenvalue weighted by Crippen LogP contribution is 2.28. The second-order valence-electron chi connectivity index (χ2n) is 10.6. The lowest BCUT2D eigenvalue weighted by atomic mass is 10.1. The molecule has 1 saturated heterocycles. The average molecular weight is 528 g/mol. The number of aromatic nitrogens is 3. The minimum absolute atomic E-state index is 0.0234. The summed E-state index contributed by atoms with van der Waals surface area (Å²) in [6.45, 7) is 7.88. The number of hydrogen-bond donors (Lipinski definition) is 1. The summed E-state index contributed by atoms with van der Waals surface area (Å²) in [6.07, 6.45) is 3.57. The van der Waals surface area contributed by atoms with E-state index >= 15 is 0 Å². The lowest BCUT2D eigenvalue weighted by Gasteiger charge is -2.41. The molecule has 1 amide bonds. The molecule has 1 aliphatic heterocycles. The van der Waals surface area contributed by atoms with E-state index in [1.54, 1.807) is 42.9 Å². The second kappa shape index (κ2) is 10.6. The van der Waals surface area contributed by atoms with Gasteiger partial charge in [0.15, 0.2) is 0 Å². The van der Waals surface area contributed by atoms with Crippen LogP contribution in [0.25, 0.3) is 16.7 Å². The lowest BCUT2D eigenvalue weighted by Crippen LogP contribution is -2.51. The highest BCUT2D eigenvalue weighted by Gasteiger charge is 2.26. The standard InChI is InChI=1S/C30H37N7O2/c1-20-15-22(30(39)33(4)5)7-8-26(20)36-14-13-35(21(2)18-36)19-24-17-25-27(9-11-32-29(25)34(24)6)37-12-10-23(31-3)16-28(37)38/h7-12,15-17,21,31H,13-14,18-19H2,1-6H3/t21-/m1/s1. The Morgan fingerprint density at radius 3 is 2.56 bits per heavy atom. The Balaban J connectivity index is 1.35. The number of carbonyl (C=O) groups excluding carboxylic acids is 1. The number of anilines is 2. The Kier molecular flexibility index (Phi) is 7.18. The molecule has 4 aromatic rings. The van der Waals surface area contributed by atoms with Gasteiger partial charge in [0.05, 0.1) is 5.69 Å². The minimum Gasteiger partial charge on any atom is -0.388 e. The van der Waals surface area contributed by atoms with Crippen molar-refractivity contribution in [2.75, 3.05) is 51.0 Å². The number of pyridine rings is 2. The maximum atomic E-state index is 12.8. The second-order valence-corrected chi connectivity index (χ2v) is 10.6. The van der Waals surface area contributed by atoms with Crippen LogP contribution in [0.1, 0.15) is 28.5 Å². The van der Waals surface area contributed by atoms with Gasteiger partial charge in [-0.2, -0.15) is 0 Å². The SMILES string of the molecule is CNc1ccn(-c2ccnc3c2cc(CN2CCN(c4ccc(C(=O)N(C)C)cc4C)C[C@H]2C)n3C)c(=O)c1. The number of hydrogen-bond acceptors (Lipinski definition) is 6. The van der Waals surface area contributed by atoms with Crippen LogP contribution in [-0.4, -0.2) is 76.6 Å². The van der Waals surface area contributed by atoms with Gasteiger partial charge >= 0.3 is 0 Å². The first kappa shape index (κ1) is 26.5. The number of nitrogens with zero attached hydrogens (tertiary/aromatic N) is 6. The van der Waals surface area contributed by atoms with Gasteiger partial charge in [0.25, 0.3) is 11.5 Å². The van der Waals surface area contributed by atoms with E-state index in [1.807, 2.05) is 37.5 Å². The largest absolute Gasteiger partial charge is 0.388 e. The van der Waals surface area contributed by atoms with Gasteiger partial charge < -0.3 is 19.7 Å². The highest BCUT2D eigenvalue weighted by atomic mass is 16.2. The Bertz CT molecular complexity index is 1590. The van der Waals surface area contributed by atoms with E-state index in [1.165, 1.54) is 5.69 Å². The van der Waals surface area contributed by atoms with Crippen molar-refractivity contribution in [3.63, 3.8) is 0 Å². The summed E-state index contributed by atoms with van der Waals surface area (Å²) in [4.78, 5) is 36.3. The molecule has 4 heterocycles.